The molecule has 0 radical (unpaired) electrons. The molecule has 0 aromatic heterocycles. The summed E-state index contributed by atoms with van der Waals surface area (Å²) in [5.41, 5.74) is 0. The topological polar surface area (TPSA) is 27.7 Å². The van der Waals surface area contributed by atoms with E-state index in [1.54, 1.807) is 21.3 Å². The summed E-state index contributed by atoms with van der Waals surface area (Å²) in [4.78, 5) is 0. The van der Waals surface area contributed by atoms with Gasteiger partial charge < -0.3 is 13.3 Å². The lowest BCUT2D eigenvalue weighted by molar-refractivity contribution is 0.131. The molecule has 3 nitrogen and oxygen atoms in total. The van der Waals surface area contributed by atoms with Crippen molar-refractivity contribution in [2.75, 3.05) is 25.4 Å². The van der Waals surface area contributed by atoms with Crippen LogP contribution in [0, 0.1) is 0 Å². The summed E-state index contributed by atoms with van der Waals surface area (Å²) in [7, 11) is 2.62. The van der Waals surface area contributed by atoms with Gasteiger partial charge in [-0.3, -0.25) is 0 Å². The van der Waals surface area contributed by atoms with Crippen molar-refractivity contribution in [2.24, 2.45) is 0 Å². The Morgan fingerprint density at radius 2 is 1.44 bits per heavy atom. The highest BCUT2D eigenvalue weighted by atomic mass is 127. The molecule has 0 amide bonds. The van der Waals surface area contributed by atoms with Gasteiger partial charge in [-0.25, -0.2) is 0 Å². The van der Waals surface area contributed by atoms with Crippen LogP contribution in [0.4, 0.5) is 0 Å². The van der Waals surface area contributed by atoms with Crippen LogP contribution < -0.4 is 0 Å². The third-order valence-electron chi connectivity index (χ3n) is 1.10. The number of hydrogen-bond acceptors (Lipinski definition) is 3. The molecule has 0 saturated heterocycles. The van der Waals surface area contributed by atoms with Crippen LogP contribution in [-0.2, 0) is 13.3 Å². The lowest BCUT2D eigenvalue weighted by Gasteiger charge is -2.21. The molecule has 0 unspecified atom stereocenters. The van der Waals surface area contributed by atoms with E-state index in [1.165, 1.54) is 0 Å². The standard InChI is InChI=1S/C4H11IO3Si/c1-6-9(4-5,7-2)8-3/h4H2,1-3H3. The van der Waals surface area contributed by atoms with Crippen LogP contribution in [0.2, 0.25) is 0 Å². The molecule has 0 aliphatic rings. The molecule has 0 spiro atoms. The Balaban J connectivity index is 3.82. The van der Waals surface area contributed by atoms with Crippen LogP contribution >= 0.6 is 22.6 Å². The SMILES string of the molecule is CO[Si](CI)(OC)OC. The summed E-state index contributed by atoms with van der Waals surface area (Å²) in [5, 5.41) is 0. The molecule has 0 saturated carbocycles. The van der Waals surface area contributed by atoms with Crippen LogP contribution in [0.3, 0.4) is 0 Å². The molecule has 5 heteroatoms. The Bertz CT molecular complexity index is 58.7. The summed E-state index contributed by atoms with van der Waals surface area (Å²) in [5.74, 6) is 0. The highest BCUT2D eigenvalue weighted by Crippen LogP contribution is 2.08. The first kappa shape index (κ1) is 9.83. The molecular weight excluding hydrogens is 251 g/mol. The summed E-state index contributed by atoms with van der Waals surface area (Å²) in [6.07, 6.45) is 0. The van der Waals surface area contributed by atoms with Crippen molar-refractivity contribution in [1.82, 2.24) is 0 Å². The number of halogens is 1. The van der Waals surface area contributed by atoms with Crippen molar-refractivity contribution >= 4 is 31.4 Å². The van der Waals surface area contributed by atoms with E-state index in [9.17, 15) is 0 Å². The maximum absolute atomic E-state index is 5.07. The minimum absolute atomic E-state index is 0.786. The van der Waals surface area contributed by atoms with Gasteiger partial charge in [0, 0.05) is 21.3 Å². The molecule has 0 aliphatic heterocycles. The molecule has 0 heterocycles. The second-order valence-electron chi connectivity index (χ2n) is 1.43. The molecule has 0 aromatic rings. The van der Waals surface area contributed by atoms with Crippen LogP contribution in [-0.4, -0.2) is 34.2 Å². The van der Waals surface area contributed by atoms with Gasteiger partial charge in [-0.15, -0.1) is 0 Å². The molecule has 56 valence electrons. The predicted octanol–water partition coefficient (Wildman–Crippen LogP) is 0.839. The van der Waals surface area contributed by atoms with E-state index < -0.39 is 8.80 Å². The van der Waals surface area contributed by atoms with Gasteiger partial charge in [-0.1, -0.05) is 22.6 Å². The minimum atomic E-state index is -2.20. The van der Waals surface area contributed by atoms with Crippen LogP contribution in [0.5, 0.6) is 0 Å². The van der Waals surface area contributed by atoms with E-state index in [2.05, 4.69) is 22.6 Å². The van der Waals surface area contributed by atoms with Crippen molar-refractivity contribution in [3.05, 3.63) is 0 Å². The Morgan fingerprint density at radius 1 is 1.11 bits per heavy atom. The van der Waals surface area contributed by atoms with Crippen LogP contribution in [0.1, 0.15) is 0 Å². The molecule has 0 atom stereocenters. The first-order valence-corrected chi connectivity index (χ1v) is 5.92. The maximum atomic E-state index is 5.07. The highest BCUT2D eigenvalue weighted by molar-refractivity contribution is 14.1. The monoisotopic (exact) mass is 262 g/mol. The van der Waals surface area contributed by atoms with Gasteiger partial charge in [0.25, 0.3) is 0 Å². The fraction of sp³-hybridized carbons (Fsp3) is 1.00. The lowest BCUT2D eigenvalue weighted by atomic mass is 11.8. The van der Waals surface area contributed by atoms with Crippen molar-refractivity contribution in [3.8, 4) is 0 Å². The predicted molar refractivity (Wildman–Crippen MR) is 45.7 cm³/mol. The smallest absolute Gasteiger partial charge is 0.376 e. The molecular formula is C4H11IO3Si. The summed E-state index contributed by atoms with van der Waals surface area (Å²) in [6.45, 7) is 0. The quantitative estimate of drug-likeness (QED) is 0.427. The van der Waals surface area contributed by atoms with E-state index in [4.69, 9.17) is 13.3 Å². The average Bonchev–Trinajstić information content (AvgIpc) is 1.95. The number of rotatable bonds is 4. The molecule has 0 fully saturated rings. The highest BCUT2D eigenvalue weighted by Gasteiger charge is 2.35. The van der Waals surface area contributed by atoms with Crippen LogP contribution in [0.25, 0.3) is 0 Å². The molecule has 0 rings (SSSR count). The molecule has 0 aliphatic carbocycles. The van der Waals surface area contributed by atoms with E-state index in [1.807, 2.05) is 0 Å². The summed E-state index contributed by atoms with van der Waals surface area (Å²) >= 11 is 2.19. The fourth-order valence-electron chi connectivity index (χ4n) is 0.414. The molecule has 0 N–H and O–H groups in total. The third-order valence-corrected chi connectivity index (χ3v) is 6.09. The molecule has 0 aromatic carbocycles. The summed E-state index contributed by atoms with van der Waals surface area (Å²) in [6, 6.07) is 0. The normalized spacial score (nSPS) is 12.0. The Morgan fingerprint density at radius 3 is 1.44 bits per heavy atom. The van der Waals surface area contributed by atoms with Gasteiger partial charge in [0.05, 0.1) is 4.05 Å². The second kappa shape index (κ2) is 4.61. The van der Waals surface area contributed by atoms with Gasteiger partial charge in [0.15, 0.2) is 0 Å². The zero-order valence-corrected chi connectivity index (χ0v) is 8.97. The van der Waals surface area contributed by atoms with E-state index in [0.717, 1.165) is 4.05 Å². The van der Waals surface area contributed by atoms with Gasteiger partial charge >= 0.3 is 8.80 Å². The van der Waals surface area contributed by atoms with Gasteiger partial charge in [0.1, 0.15) is 0 Å². The Kier molecular flexibility index (Phi) is 5.04. The van der Waals surface area contributed by atoms with E-state index in [-0.39, 0.29) is 0 Å². The Hall–Kier alpha value is 0.827. The van der Waals surface area contributed by atoms with Crippen molar-refractivity contribution in [2.45, 2.75) is 0 Å². The van der Waals surface area contributed by atoms with Crippen molar-refractivity contribution in [3.63, 3.8) is 0 Å². The van der Waals surface area contributed by atoms with Crippen molar-refractivity contribution in [1.29, 1.82) is 0 Å². The van der Waals surface area contributed by atoms with E-state index >= 15 is 0 Å². The zero-order valence-electron chi connectivity index (χ0n) is 5.81. The number of hydrogen-bond donors (Lipinski definition) is 0. The van der Waals surface area contributed by atoms with Gasteiger partial charge in [-0.2, -0.15) is 0 Å². The van der Waals surface area contributed by atoms with Gasteiger partial charge in [-0.05, 0) is 0 Å². The molecule has 9 heavy (non-hydrogen) atoms. The first-order chi connectivity index (χ1) is 4.24. The first-order valence-electron chi connectivity index (χ1n) is 2.46. The largest absolute Gasteiger partial charge is 0.510 e. The van der Waals surface area contributed by atoms with Crippen molar-refractivity contribution < 1.29 is 13.3 Å². The average molecular weight is 262 g/mol. The lowest BCUT2D eigenvalue weighted by Crippen LogP contribution is -2.45. The van der Waals surface area contributed by atoms with Crippen LogP contribution in [0.15, 0.2) is 0 Å². The Labute approximate surface area is 70.2 Å². The fourth-order valence-corrected chi connectivity index (χ4v) is 4.04. The molecule has 0 bridgehead atoms. The number of alkyl halides is 1. The summed E-state index contributed by atoms with van der Waals surface area (Å²) < 4.78 is 16.0. The second-order valence-corrected chi connectivity index (χ2v) is 6.58. The van der Waals surface area contributed by atoms with E-state index in [0.29, 0.717) is 0 Å². The zero-order chi connectivity index (χ0) is 7.33. The van der Waals surface area contributed by atoms with Gasteiger partial charge in [0.2, 0.25) is 0 Å². The maximum Gasteiger partial charge on any atom is 0.510 e. The minimum Gasteiger partial charge on any atom is -0.376 e. The third kappa shape index (κ3) is 2.50.